The van der Waals surface area contributed by atoms with Crippen LogP contribution in [0.1, 0.15) is 37.8 Å². The maximum absolute atomic E-state index is 10.2. The maximum Gasteiger partial charge on any atom is 0.120 e. The summed E-state index contributed by atoms with van der Waals surface area (Å²) in [6.45, 7) is 6.32. The van der Waals surface area contributed by atoms with Crippen LogP contribution in [0.5, 0.6) is 11.5 Å². The molecule has 2 N–H and O–H groups in total. The van der Waals surface area contributed by atoms with Crippen LogP contribution < -0.4 is 10.1 Å². The average molecular weight is 278 g/mol. The second-order valence-electron chi connectivity index (χ2n) is 5.37. The van der Waals surface area contributed by atoms with Gasteiger partial charge in [-0.1, -0.05) is 19.8 Å². The summed E-state index contributed by atoms with van der Waals surface area (Å²) < 4.78 is 5.31. The fraction of sp³-hybridized carbons (Fsp3) is 0.625. The van der Waals surface area contributed by atoms with E-state index in [4.69, 9.17) is 4.74 Å². The van der Waals surface area contributed by atoms with Gasteiger partial charge in [0, 0.05) is 37.8 Å². The highest BCUT2D eigenvalue weighted by atomic mass is 16.5. The zero-order valence-corrected chi connectivity index (χ0v) is 12.6. The summed E-state index contributed by atoms with van der Waals surface area (Å²) in [7, 11) is 1.67. The first-order valence-corrected chi connectivity index (χ1v) is 7.58. The number of unbranched alkanes of at least 4 members (excludes halogenated alkanes) is 1. The maximum atomic E-state index is 10.2. The standard InChI is InChI=1S/C16H26N2O2/c1-3-4-5-15(18-10-8-17-9-11-18)14-12-13(20-2)6-7-16(14)19/h6-7,12,15,17,19H,3-5,8-11H2,1-2H3/t15-/m1/s1. The smallest absolute Gasteiger partial charge is 0.120 e. The number of benzene rings is 1. The molecule has 20 heavy (non-hydrogen) atoms. The summed E-state index contributed by atoms with van der Waals surface area (Å²) in [5, 5.41) is 13.6. The van der Waals surface area contributed by atoms with Crippen LogP contribution in [0.4, 0.5) is 0 Å². The minimum atomic E-state index is 0.284. The molecule has 0 spiro atoms. The number of phenols is 1. The van der Waals surface area contributed by atoms with Gasteiger partial charge >= 0.3 is 0 Å². The van der Waals surface area contributed by atoms with Crippen molar-refractivity contribution in [2.45, 2.75) is 32.2 Å². The fourth-order valence-electron chi connectivity index (χ4n) is 2.85. The molecule has 2 rings (SSSR count). The number of nitrogens with zero attached hydrogens (tertiary/aromatic N) is 1. The second kappa shape index (κ2) is 7.50. The van der Waals surface area contributed by atoms with Crippen molar-refractivity contribution in [2.24, 2.45) is 0 Å². The monoisotopic (exact) mass is 278 g/mol. The average Bonchev–Trinajstić information content (AvgIpc) is 2.50. The molecule has 0 unspecified atom stereocenters. The largest absolute Gasteiger partial charge is 0.508 e. The number of phenolic OH excluding ortho intramolecular Hbond substituents is 1. The van der Waals surface area contributed by atoms with Crippen LogP contribution in [0.3, 0.4) is 0 Å². The Bertz CT molecular complexity index is 417. The summed E-state index contributed by atoms with van der Waals surface area (Å²) in [5.41, 5.74) is 1.000. The zero-order chi connectivity index (χ0) is 14.4. The molecule has 4 nitrogen and oxygen atoms in total. The van der Waals surface area contributed by atoms with Crippen LogP contribution in [0, 0.1) is 0 Å². The van der Waals surface area contributed by atoms with Gasteiger partial charge in [0.15, 0.2) is 0 Å². The normalized spacial score (nSPS) is 17.9. The molecule has 1 atom stereocenters. The van der Waals surface area contributed by atoms with E-state index in [2.05, 4.69) is 17.1 Å². The molecule has 0 bridgehead atoms. The van der Waals surface area contributed by atoms with Crippen molar-refractivity contribution in [1.82, 2.24) is 10.2 Å². The first-order valence-electron chi connectivity index (χ1n) is 7.58. The van der Waals surface area contributed by atoms with E-state index < -0.39 is 0 Å². The van der Waals surface area contributed by atoms with E-state index in [0.29, 0.717) is 5.75 Å². The van der Waals surface area contributed by atoms with Gasteiger partial charge in [-0.15, -0.1) is 0 Å². The molecular formula is C16H26N2O2. The third-order valence-electron chi connectivity index (χ3n) is 4.02. The topological polar surface area (TPSA) is 44.7 Å². The lowest BCUT2D eigenvalue weighted by atomic mass is 9.97. The van der Waals surface area contributed by atoms with Crippen molar-refractivity contribution >= 4 is 0 Å². The van der Waals surface area contributed by atoms with E-state index in [1.54, 1.807) is 13.2 Å². The predicted octanol–water partition coefficient (Wildman–Crippen LogP) is 2.54. The van der Waals surface area contributed by atoms with E-state index >= 15 is 0 Å². The Morgan fingerprint density at radius 3 is 2.75 bits per heavy atom. The number of rotatable bonds is 6. The van der Waals surface area contributed by atoms with Gasteiger partial charge in [-0.2, -0.15) is 0 Å². The molecule has 112 valence electrons. The van der Waals surface area contributed by atoms with Crippen molar-refractivity contribution in [2.75, 3.05) is 33.3 Å². The fourth-order valence-corrected chi connectivity index (χ4v) is 2.85. The summed E-state index contributed by atoms with van der Waals surface area (Å²) >= 11 is 0. The molecule has 1 aromatic rings. The summed E-state index contributed by atoms with van der Waals surface area (Å²) in [6.07, 6.45) is 3.43. The SMILES string of the molecule is CCCC[C@H](c1cc(OC)ccc1O)N1CCNCC1. The van der Waals surface area contributed by atoms with Crippen LogP contribution in [-0.4, -0.2) is 43.3 Å². The molecule has 1 fully saturated rings. The van der Waals surface area contributed by atoms with E-state index in [0.717, 1.165) is 43.9 Å². The lowest BCUT2D eigenvalue weighted by Crippen LogP contribution is -2.45. The molecule has 4 heteroatoms. The Kier molecular flexibility index (Phi) is 5.68. The Hall–Kier alpha value is -1.26. The number of ether oxygens (including phenoxy) is 1. The predicted molar refractivity (Wildman–Crippen MR) is 81.4 cm³/mol. The summed E-state index contributed by atoms with van der Waals surface area (Å²) in [5.74, 6) is 1.19. The summed E-state index contributed by atoms with van der Waals surface area (Å²) in [6, 6.07) is 5.83. The Morgan fingerprint density at radius 2 is 2.10 bits per heavy atom. The van der Waals surface area contributed by atoms with E-state index in [-0.39, 0.29) is 6.04 Å². The van der Waals surface area contributed by atoms with Crippen molar-refractivity contribution in [3.63, 3.8) is 0 Å². The molecule has 0 saturated carbocycles. The van der Waals surface area contributed by atoms with Gasteiger partial charge in [0.2, 0.25) is 0 Å². The molecule has 0 aliphatic carbocycles. The van der Waals surface area contributed by atoms with Crippen molar-refractivity contribution in [1.29, 1.82) is 0 Å². The number of piperazine rings is 1. The molecule has 0 radical (unpaired) electrons. The second-order valence-corrected chi connectivity index (χ2v) is 5.37. The highest BCUT2D eigenvalue weighted by Gasteiger charge is 2.24. The van der Waals surface area contributed by atoms with Crippen LogP contribution >= 0.6 is 0 Å². The van der Waals surface area contributed by atoms with Gasteiger partial charge in [-0.25, -0.2) is 0 Å². The van der Waals surface area contributed by atoms with Gasteiger partial charge in [0.05, 0.1) is 7.11 Å². The minimum Gasteiger partial charge on any atom is -0.508 e. The van der Waals surface area contributed by atoms with Gasteiger partial charge in [-0.3, -0.25) is 4.90 Å². The lowest BCUT2D eigenvalue weighted by Gasteiger charge is -2.35. The molecule has 1 saturated heterocycles. The third-order valence-corrected chi connectivity index (χ3v) is 4.02. The quantitative estimate of drug-likeness (QED) is 0.839. The molecule has 0 aromatic heterocycles. The van der Waals surface area contributed by atoms with Crippen LogP contribution in [-0.2, 0) is 0 Å². The Balaban J connectivity index is 2.24. The van der Waals surface area contributed by atoms with Crippen molar-refractivity contribution < 1.29 is 9.84 Å². The number of methoxy groups -OCH3 is 1. The summed E-state index contributed by atoms with van der Waals surface area (Å²) in [4.78, 5) is 2.47. The first-order chi connectivity index (χ1) is 9.76. The van der Waals surface area contributed by atoms with E-state index in [1.165, 1.54) is 12.8 Å². The third kappa shape index (κ3) is 3.64. The molecular weight excluding hydrogens is 252 g/mol. The molecule has 1 aliphatic rings. The number of nitrogens with one attached hydrogen (secondary N) is 1. The van der Waals surface area contributed by atoms with Gasteiger partial charge in [-0.05, 0) is 24.6 Å². The van der Waals surface area contributed by atoms with Gasteiger partial charge < -0.3 is 15.2 Å². The van der Waals surface area contributed by atoms with Crippen molar-refractivity contribution in [3.8, 4) is 11.5 Å². The number of hydrogen-bond acceptors (Lipinski definition) is 4. The first kappa shape index (κ1) is 15.1. The van der Waals surface area contributed by atoms with Crippen molar-refractivity contribution in [3.05, 3.63) is 23.8 Å². The minimum absolute atomic E-state index is 0.284. The highest BCUT2D eigenvalue weighted by Crippen LogP contribution is 2.35. The number of aromatic hydroxyl groups is 1. The van der Waals surface area contributed by atoms with E-state index in [1.807, 2.05) is 12.1 Å². The van der Waals surface area contributed by atoms with Crippen LogP contribution in [0.2, 0.25) is 0 Å². The number of hydrogen-bond donors (Lipinski definition) is 2. The molecule has 1 heterocycles. The molecule has 1 aromatic carbocycles. The molecule has 1 aliphatic heterocycles. The Morgan fingerprint density at radius 1 is 1.35 bits per heavy atom. The van der Waals surface area contributed by atoms with Gasteiger partial charge in [0.1, 0.15) is 11.5 Å². The Labute approximate surface area is 121 Å². The van der Waals surface area contributed by atoms with Crippen LogP contribution in [0.15, 0.2) is 18.2 Å². The lowest BCUT2D eigenvalue weighted by molar-refractivity contribution is 0.160. The molecule has 0 amide bonds. The highest BCUT2D eigenvalue weighted by molar-refractivity contribution is 5.41. The van der Waals surface area contributed by atoms with E-state index in [9.17, 15) is 5.11 Å². The zero-order valence-electron chi connectivity index (χ0n) is 12.6. The van der Waals surface area contributed by atoms with Gasteiger partial charge in [0.25, 0.3) is 0 Å². The van der Waals surface area contributed by atoms with Crippen LogP contribution in [0.25, 0.3) is 0 Å².